The van der Waals surface area contributed by atoms with Crippen LogP contribution in [-0.4, -0.2) is 11.6 Å². The number of carbonyl (C=O) groups is 1. The Labute approximate surface area is 124 Å². The van der Waals surface area contributed by atoms with Gasteiger partial charge in [-0.1, -0.05) is 43.7 Å². The molecule has 0 spiro atoms. The highest BCUT2D eigenvalue weighted by atomic mass is 16.2. The largest absolute Gasteiger partial charge is 0.399 e. The minimum atomic E-state index is -0.237. The highest BCUT2D eigenvalue weighted by molar-refractivity contribution is 6.02. The van der Waals surface area contributed by atoms with Gasteiger partial charge in [0.15, 0.2) is 0 Å². The van der Waals surface area contributed by atoms with E-state index in [9.17, 15) is 4.79 Å². The minimum Gasteiger partial charge on any atom is -0.399 e. The van der Waals surface area contributed by atoms with Crippen molar-refractivity contribution < 1.29 is 4.79 Å². The second-order valence-electron chi connectivity index (χ2n) is 4.74. The lowest BCUT2D eigenvalue weighted by Crippen LogP contribution is -2.20. The number of rotatable bonds is 5. The number of hydrogen-bond acceptors (Lipinski definition) is 3. The molecule has 3 N–H and O–H groups in total. The second-order valence-corrected chi connectivity index (χ2v) is 4.74. The van der Waals surface area contributed by atoms with Gasteiger partial charge in [-0.25, -0.2) is 5.43 Å². The number of nitrogens with zero attached hydrogens (tertiary/aromatic N) is 1. The first-order valence-electron chi connectivity index (χ1n) is 6.98. The summed E-state index contributed by atoms with van der Waals surface area (Å²) in [4.78, 5) is 12.0. The molecule has 0 heterocycles. The first-order chi connectivity index (χ1) is 10.2. The van der Waals surface area contributed by atoms with Crippen LogP contribution in [0, 0.1) is 0 Å². The Morgan fingerprint density at radius 3 is 2.33 bits per heavy atom. The fraction of sp³-hybridized carbons (Fsp3) is 0.176. The van der Waals surface area contributed by atoms with Gasteiger partial charge in [0.25, 0.3) is 5.91 Å². The summed E-state index contributed by atoms with van der Waals surface area (Å²) in [5.41, 5.74) is 11.3. The van der Waals surface area contributed by atoms with E-state index in [1.807, 2.05) is 30.3 Å². The molecule has 0 aliphatic carbocycles. The van der Waals surface area contributed by atoms with Gasteiger partial charge in [0.2, 0.25) is 0 Å². The van der Waals surface area contributed by atoms with Crippen LogP contribution in [-0.2, 0) is 0 Å². The van der Waals surface area contributed by atoms with Crippen LogP contribution >= 0.6 is 0 Å². The molecule has 0 aromatic heterocycles. The van der Waals surface area contributed by atoms with Gasteiger partial charge in [-0.15, -0.1) is 0 Å². The van der Waals surface area contributed by atoms with Gasteiger partial charge in [-0.3, -0.25) is 4.79 Å². The molecule has 0 aliphatic heterocycles. The average molecular weight is 281 g/mol. The Morgan fingerprint density at radius 1 is 1.05 bits per heavy atom. The van der Waals surface area contributed by atoms with E-state index in [1.165, 1.54) is 0 Å². The van der Waals surface area contributed by atoms with E-state index < -0.39 is 0 Å². The Balaban J connectivity index is 2.12. The van der Waals surface area contributed by atoms with Crippen molar-refractivity contribution in [1.29, 1.82) is 0 Å². The molecule has 0 saturated carbocycles. The maximum atomic E-state index is 12.0. The first kappa shape index (κ1) is 14.8. The van der Waals surface area contributed by atoms with E-state index >= 15 is 0 Å². The number of nitrogens with one attached hydrogen (secondary N) is 1. The molecule has 0 bridgehead atoms. The summed E-state index contributed by atoms with van der Waals surface area (Å²) in [7, 11) is 0. The van der Waals surface area contributed by atoms with Crippen molar-refractivity contribution in [3.05, 3.63) is 65.7 Å². The normalized spacial score (nSPS) is 11.2. The number of hydrogen-bond donors (Lipinski definition) is 2. The first-order valence-corrected chi connectivity index (χ1v) is 6.98. The van der Waals surface area contributed by atoms with Gasteiger partial charge < -0.3 is 5.73 Å². The molecule has 0 unspecified atom stereocenters. The summed E-state index contributed by atoms with van der Waals surface area (Å²) < 4.78 is 0. The molecule has 2 rings (SSSR count). The zero-order chi connectivity index (χ0) is 15.1. The fourth-order valence-corrected chi connectivity index (χ4v) is 1.95. The lowest BCUT2D eigenvalue weighted by molar-refractivity contribution is 0.0955. The summed E-state index contributed by atoms with van der Waals surface area (Å²) in [6, 6.07) is 16.6. The van der Waals surface area contributed by atoms with Gasteiger partial charge in [0, 0.05) is 11.3 Å². The quantitative estimate of drug-likeness (QED) is 0.502. The van der Waals surface area contributed by atoms with Gasteiger partial charge in [0.1, 0.15) is 0 Å². The Kier molecular flexibility index (Phi) is 5.10. The highest BCUT2D eigenvalue weighted by Gasteiger charge is 2.06. The molecule has 0 saturated heterocycles. The van der Waals surface area contributed by atoms with Crippen molar-refractivity contribution >= 4 is 17.3 Å². The monoisotopic (exact) mass is 281 g/mol. The predicted molar refractivity (Wildman–Crippen MR) is 86.2 cm³/mol. The second kappa shape index (κ2) is 7.24. The molecule has 108 valence electrons. The Morgan fingerprint density at radius 2 is 1.71 bits per heavy atom. The van der Waals surface area contributed by atoms with Crippen molar-refractivity contribution in [3.63, 3.8) is 0 Å². The standard InChI is InChI=1S/C17H19N3O/c1-2-6-16(13-7-4-3-5-8-13)19-20-17(21)14-9-11-15(18)12-10-14/h3-5,7-12H,2,6,18H2,1H3,(H,20,21)/b19-16+. The molecule has 0 atom stereocenters. The molecule has 21 heavy (non-hydrogen) atoms. The zero-order valence-electron chi connectivity index (χ0n) is 12.0. The third-order valence-electron chi connectivity index (χ3n) is 3.06. The molecule has 1 amide bonds. The van der Waals surface area contributed by atoms with Crippen LogP contribution in [0.2, 0.25) is 0 Å². The third kappa shape index (κ3) is 4.18. The maximum absolute atomic E-state index is 12.0. The van der Waals surface area contributed by atoms with E-state index in [4.69, 9.17) is 5.73 Å². The minimum absolute atomic E-state index is 0.237. The molecule has 2 aromatic carbocycles. The lowest BCUT2D eigenvalue weighted by atomic mass is 10.1. The van der Waals surface area contributed by atoms with Crippen LogP contribution in [0.3, 0.4) is 0 Å². The van der Waals surface area contributed by atoms with Crippen LogP contribution in [0.4, 0.5) is 5.69 Å². The van der Waals surface area contributed by atoms with Gasteiger partial charge in [0.05, 0.1) is 5.71 Å². The number of nitrogen functional groups attached to an aromatic ring is 1. The molecule has 4 nitrogen and oxygen atoms in total. The Bertz CT molecular complexity index is 618. The van der Waals surface area contributed by atoms with Crippen LogP contribution in [0.1, 0.15) is 35.7 Å². The maximum Gasteiger partial charge on any atom is 0.271 e. The van der Waals surface area contributed by atoms with Crippen molar-refractivity contribution in [2.24, 2.45) is 5.10 Å². The number of hydrazone groups is 1. The summed E-state index contributed by atoms with van der Waals surface area (Å²) in [6.45, 7) is 2.08. The highest BCUT2D eigenvalue weighted by Crippen LogP contribution is 2.08. The van der Waals surface area contributed by atoms with Crippen molar-refractivity contribution in [3.8, 4) is 0 Å². The third-order valence-corrected chi connectivity index (χ3v) is 3.06. The molecule has 2 aromatic rings. The van der Waals surface area contributed by atoms with E-state index in [0.717, 1.165) is 24.1 Å². The van der Waals surface area contributed by atoms with Crippen LogP contribution in [0.15, 0.2) is 59.7 Å². The van der Waals surface area contributed by atoms with E-state index in [0.29, 0.717) is 11.3 Å². The smallest absolute Gasteiger partial charge is 0.271 e. The van der Waals surface area contributed by atoms with Gasteiger partial charge in [-0.2, -0.15) is 5.10 Å². The molecule has 0 aliphatic rings. The van der Waals surface area contributed by atoms with Gasteiger partial charge in [-0.05, 0) is 36.2 Å². The topological polar surface area (TPSA) is 67.5 Å². The number of carbonyl (C=O) groups excluding carboxylic acids is 1. The molecule has 4 heteroatoms. The number of benzene rings is 2. The molecule has 0 fully saturated rings. The summed E-state index contributed by atoms with van der Waals surface area (Å²) in [5, 5.41) is 4.27. The molecular weight excluding hydrogens is 262 g/mol. The number of nitrogens with two attached hydrogens (primary N) is 1. The summed E-state index contributed by atoms with van der Waals surface area (Å²) in [6.07, 6.45) is 1.78. The van der Waals surface area contributed by atoms with Crippen molar-refractivity contribution in [2.75, 3.05) is 5.73 Å². The van der Waals surface area contributed by atoms with Crippen LogP contribution in [0.5, 0.6) is 0 Å². The average Bonchev–Trinajstić information content (AvgIpc) is 2.52. The predicted octanol–water partition coefficient (Wildman–Crippen LogP) is 3.20. The Hall–Kier alpha value is -2.62. The van der Waals surface area contributed by atoms with Crippen molar-refractivity contribution in [2.45, 2.75) is 19.8 Å². The molecule has 0 radical (unpaired) electrons. The zero-order valence-corrected chi connectivity index (χ0v) is 12.0. The summed E-state index contributed by atoms with van der Waals surface area (Å²) >= 11 is 0. The fourth-order valence-electron chi connectivity index (χ4n) is 1.95. The lowest BCUT2D eigenvalue weighted by Gasteiger charge is -2.06. The van der Waals surface area contributed by atoms with Crippen LogP contribution in [0.25, 0.3) is 0 Å². The van der Waals surface area contributed by atoms with E-state index in [-0.39, 0.29) is 5.91 Å². The van der Waals surface area contributed by atoms with E-state index in [1.54, 1.807) is 24.3 Å². The summed E-state index contributed by atoms with van der Waals surface area (Å²) in [5.74, 6) is -0.237. The van der Waals surface area contributed by atoms with Crippen molar-refractivity contribution in [1.82, 2.24) is 5.43 Å². The SMILES string of the molecule is CCC/C(=N\NC(=O)c1ccc(N)cc1)c1ccccc1. The number of amides is 1. The van der Waals surface area contributed by atoms with Gasteiger partial charge >= 0.3 is 0 Å². The van der Waals surface area contributed by atoms with E-state index in [2.05, 4.69) is 17.5 Å². The number of anilines is 1. The van der Waals surface area contributed by atoms with Crippen LogP contribution < -0.4 is 11.2 Å². The molecular formula is C17H19N3O.